The summed E-state index contributed by atoms with van der Waals surface area (Å²) in [4.78, 5) is 48.8. The Balaban J connectivity index is 0.000000419. The van der Waals surface area contributed by atoms with Gasteiger partial charge in [-0.05, 0) is 235 Å². The molecule has 0 saturated heterocycles. The molecule has 0 heterocycles. The predicted molar refractivity (Wildman–Crippen MR) is 598 cm³/mol. The minimum absolute atomic E-state index is 0.0166. The number of esters is 4. The molecule has 0 fully saturated rings. The van der Waals surface area contributed by atoms with Gasteiger partial charge in [0.25, 0.3) is 0 Å². The van der Waals surface area contributed by atoms with Crippen LogP contribution in [0.5, 0.6) is 17.2 Å². The van der Waals surface area contributed by atoms with Gasteiger partial charge in [-0.15, -0.1) is 0 Å². The topological polar surface area (TPSA) is 114 Å². The van der Waals surface area contributed by atoms with Crippen LogP contribution in [-0.4, -0.2) is 59.3 Å². The summed E-state index contributed by atoms with van der Waals surface area (Å²) in [6.07, 6.45) is 14.7. The van der Waals surface area contributed by atoms with Crippen LogP contribution in [0.2, 0.25) is 40.8 Å². The standard InChI is InChI=1S/C26H28O3.C23H40O2Si.C20H32O2.C16H28Si.C16H18.C15H30O2.C10H14/c1-4-26(2,3)25(27)29-19-18-28-24-22(20-12-7-5-8-13-20)16-11-17-23(24)21-14-9-6-10-15-21;1-10-23(8,9)22(24)25-21-13-11-20(12-14-21)15-16-26(17(2)3,18(4)5)19(6)7;1-10-20(8,9)17(21)22-16-12-14(18(2,3)4)11-15(13-16)19(5,6)7;1-6-14(5)15-10-12-16(13-11-15)17(7-2,8-3)9-4;1-3-13(2)15-10-7-11-16(12-15)14-8-5-4-6-9-14;1-6-9-10-12-13(11-7-2)17-14(16)15(4,5)8-3;1-3-9(2)10-7-5-4-6-8-10/h5-17H,4,18-19H2,1-3H3;11-14,17-19H,10,15-16H2,1-9H3;11-13H,10H2,1-9H3;10-14H,6-9H2,1-5H3;4-13H,3H2,1-2H3;13H,6-12H2,1-5H3;4-9H,3H2,1-2H3. The van der Waals surface area contributed by atoms with E-state index in [9.17, 15) is 19.2 Å². The molecule has 0 aromatic heterocycles. The number of unbranched alkanes of at least 4 members (excludes halogenated alkanes) is 2. The summed E-state index contributed by atoms with van der Waals surface area (Å²) in [5.74, 6) is 3.62. The predicted octanol–water partition coefficient (Wildman–Crippen LogP) is 36.9. The molecule has 0 aliphatic rings. The molecule has 0 bridgehead atoms. The van der Waals surface area contributed by atoms with Crippen LogP contribution in [0.3, 0.4) is 0 Å². The highest BCUT2D eigenvalue weighted by Gasteiger charge is 2.42. The Hall–Kier alpha value is -8.91. The first kappa shape index (κ1) is 122. The molecule has 0 spiro atoms. The zero-order valence-electron chi connectivity index (χ0n) is 92.8. The molecule has 0 aliphatic carbocycles. The number of hydrogen-bond donors (Lipinski definition) is 0. The molecule has 9 aromatic rings. The molecule has 11 heteroatoms. The maximum Gasteiger partial charge on any atom is 0.316 e. The molecule has 9 rings (SSSR count). The number of para-hydroxylation sites is 1. The molecule has 0 aliphatic heterocycles. The molecule has 9 nitrogen and oxygen atoms in total. The van der Waals surface area contributed by atoms with E-state index in [1.165, 1.54) is 107 Å². The lowest BCUT2D eigenvalue weighted by atomic mass is 9.80. The zero-order chi connectivity index (χ0) is 103. The first-order valence-electron chi connectivity index (χ1n) is 52.8. The van der Waals surface area contributed by atoms with Crippen molar-refractivity contribution in [3.63, 3.8) is 0 Å². The van der Waals surface area contributed by atoms with Crippen molar-refractivity contribution < 1.29 is 42.9 Å². The Bertz CT molecular complexity index is 4730. The van der Waals surface area contributed by atoms with Crippen molar-refractivity contribution >= 4 is 45.2 Å². The van der Waals surface area contributed by atoms with Gasteiger partial charge in [0.2, 0.25) is 0 Å². The van der Waals surface area contributed by atoms with E-state index < -0.39 is 32.4 Å². The summed E-state index contributed by atoms with van der Waals surface area (Å²) in [6.45, 7) is 76.6. The van der Waals surface area contributed by atoms with Gasteiger partial charge in [-0.1, -0.05) is 458 Å². The fourth-order valence-corrected chi connectivity index (χ4v) is 26.6. The van der Waals surface area contributed by atoms with Crippen molar-refractivity contribution in [2.24, 2.45) is 21.7 Å². The SMILES string of the molecule is CCC(C)(C)C(=O)OCCOc1c(-c2ccccc2)cccc1-c1ccccc1.CCC(C)(C)C(=O)Oc1cc(C(C)(C)C)cc(C(C)(C)C)c1.CCC(C)(C)C(=O)Oc1ccc(CC[Si](C(C)C)(C(C)C)C(C)C)cc1.CCC(C)c1ccc([Si](CC)(CC)CC)cc1.CCC(C)c1cccc(-c2ccccc2)c1.CCC(C)c1ccccc1.CCCCCC(CCC)OC(=O)C(C)(C)CC. The highest BCUT2D eigenvalue weighted by Crippen LogP contribution is 2.46. The minimum Gasteiger partial charge on any atom is -0.489 e. The molecule has 0 amide bonds. The normalized spacial score (nSPS) is 12.7. The number of carbonyl (C=O) groups excluding carboxylic acids is 4. The largest absolute Gasteiger partial charge is 0.489 e. The lowest BCUT2D eigenvalue weighted by molar-refractivity contribution is -0.160. The van der Waals surface area contributed by atoms with Crippen LogP contribution in [0, 0.1) is 21.7 Å². The van der Waals surface area contributed by atoms with E-state index in [4.69, 9.17) is 23.7 Å². The monoisotopic (exact) mass is 1900 g/mol. The van der Waals surface area contributed by atoms with Crippen LogP contribution < -0.4 is 19.4 Å². The average Bonchev–Trinajstić information content (AvgIpc) is 1.01. The Morgan fingerprint density at radius 3 is 1.12 bits per heavy atom. The van der Waals surface area contributed by atoms with Gasteiger partial charge in [0, 0.05) is 11.1 Å². The molecule has 4 unspecified atom stereocenters. The number of carbonyl (C=O) groups is 4. The summed E-state index contributed by atoms with van der Waals surface area (Å²) in [7, 11) is -2.53. The lowest BCUT2D eigenvalue weighted by Crippen LogP contribution is -2.45. The Kier molecular flexibility index (Phi) is 53.8. The molecular weight excluding hydrogens is 1710 g/mol. The maximum atomic E-state index is 12.4. The zero-order valence-corrected chi connectivity index (χ0v) is 94.8. The van der Waals surface area contributed by atoms with E-state index in [1.807, 2.05) is 150 Å². The summed E-state index contributed by atoms with van der Waals surface area (Å²) in [5, 5.41) is 1.66. The van der Waals surface area contributed by atoms with Crippen LogP contribution in [-0.2, 0) is 45.9 Å². The summed E-state index contributed by atoms with van der Waals surface area (Å²) in [5.41, 5.74) is 15.6. The molecule has 0 N–H and O–H groups in total. The smallest absolute Gasteiger partial charge is 0.316 e. The van der Waals surface area contributed by atoms with Crippen molar-refractivity contribution in [1.29, 1.82) is 0 Å². The van der Waals surface area contributed by atoms with Crippen molar-refractivity contribution in [3.8, 4) is 50.6 Å². The quantitative estimate of drug-likeness (QED) is 0.0160. The maximum absolute atomic E-state index is 12.4. The van der Waals surface area contributed by atoms with Gasteiger partial charge in [0.05, 0.1) is 37.8 Å². The van der Waals surface area contributed by atoms with Gasteiger partial charge in [0.15, 0.2) is 0 Å². The van der Waals surface area contributed by atoms with Crippen LogP contribution in [0.15, 0.2) is 231 Å². The fourth-order valence-electron chi connectivity index (χ4n) is 16.6. The Morgan fingerprint density at radius 2 is 0.715 bits per heavy atom. The second-order valence-electron chi connectivity index (χ2n) is 43.7. The molecule has 756 valence electrons. The van der Waals surface area contributed by atoms with E-state index in [0.717, 1.165) is 96.0 Å². The third-order valence-corrected chi connectivity index (χ3v) is 42.6. The van der Waals surface area contributed by atoms with Crippen molar-refractivity contribution in [2.45, 2.75) is 408 Å². The summed E-state index contributed by atoms with van der Waals surface area (Å²) in [6, 6.07) is 86.0. The Labute approximate surface area is 839 Å². The second-order valence-corrected chi connectivity index (χ2v) is 55.1. The highest BCUT2D eigenvalue weighted by molar-refractivity contribution is 6.91. The van der Waals surface area contributed by atoms with Gasteiger partial charge in [-0.3, -0.25) is 19.2 Å². The number of hydrogen-bond acceptors (Lipinski definition) is 9. The average molecular weight is 1910 g/mol. The van der Waals surface area contributed by atoms with Gasteiger partial charge in [0.1, 0.15) is 36.6 Å². The van der Waals surface area contributed by atoms with Gasteiger partial charge in [-0.2, -0.15) is 0 Å². The van der Waals surface area contributed by atoms with Crippen LogP contribution >= 0.6 is 0 Å². The number of ether oxygens (including phenoxy) is 5. The lowest BCUT2D eigenvalue weighted by Gasteiger charge is -2.43. The van der Waals surface area contributed by atoms with Gasteiger partial charge >= 0.3 is 23.9 Å². The van der Waals surface area contributed by atoms with E-state index in [-0.39, 0.29) is 52.8 Å². The van der Waals surface area contributed by atoms with E-state index in [1.54, 1.807) is 5.19 Å². The number of aryl methyl sites for hydroxylation is 1. The van der Waals surface area contributed by atoms with Crippen molar-refractivity contribution in [3.05, 3.63) is 264 Å². The van der Waals surface area contributed by atoms with E-state index in [2.05, 4.69) is 323 Å². The van der Waals surface area contributed by atoms with Gasteiger partial charge < -0.3 is 23.7 Å². The summed E-state index contributed by atoms with van der Waals surface area (Å²) >= 11 is 0. The first-order chi connectivity index (χ1) is 64.5. The third kappa shape index (κ3) is 40.0. The van der Waals surface area contributed by atoms with Crippen LogP contribution in [0.25, 0.3) is 33.4 Å². The third-order valence-electron chi connectivity index (χ3n) is 29.5. The first-order valence-corrected chi connectivity index (χ1v) is 57.8. The molecule has 137 heavy (non-hydrogen) atoms. The summed E-state index contributed by atoms with van der Waals surface area (Å²) < 4.78 is 28.6. The van der Waals surface area contributed by atoms with Crippen LogP contribution in [0.1, 0.15) is 377 Å². The number of rotatable bonds is 40. The van der Waals surface area contributed by atoms with E-state index in [0.29, 0.717) is 35.9 Å². The molecule has 0 saturated carbocycles. The molecular formula is C126H190O9Si2. The van der Waals surface area contributed by atoms with Crippen molar-refractivity contribution in [2.75, 3.05) is 13.2 Å². The van der Waals surface area contributed by atoms with E-state index >= 15 is 0 Å². The highest BCUT2D eigenvalue weighted by atomic mass is 28.3. The minimum atomic E-state index is -1.37. The van der Waals surface area contributed by atoms with Crippen molar-refractivity contribution in [1.82, 2.24) is 0 Å². The fraction of sp³-hybridized carbons (Fsp3) is 0.540. The Morgan fingerprint density at radius 1 is 0.336 bits per heavy atom. The second kappa shape index (κ2) is 60.3. The molecule has 0 radical (unpaired) electrons. The number of benzene rings is 9. The molecule has 4 atom stereocenters. The van der Waals surface area contributed by atoms with Crippen LogP contribution in [0.4, 0.5) is 0 Å². The molecule has 9 aromatic carbocycles. The van der Waals surface area contributed by atoms with Gasteiger partial charge in [-0.25, -0.2) is 0 Å².